The molecule has 41 heavy (non-hydrogen) atoms. The highest BCUT2D eigenvalue weighted by Crippen LogP contribution is 2.28. The van der Waals surface area contributed by atoms with Crippen molar-refractivity contribution in [3.63, 3.8) is 0 Å². The van der Waals surface area contributed by atoms with E-state index in [2.05, 4.69) is 54.5 Å². The van der Waals surface area contributed by atoms with E-state index in [4.69, 9.17) is 9.47 Å². The van der Waals surface area contributed by atoms with Gasteiger partial charge in [0.25, 0.3) is 0 Å². The van der Waals surface area contributed by atoms with Gasteiger partial charge < -0.3 is 14.8 Å². The third-order valence-corrected chi connectivity index (χ3v) is 8.10. The summed E-state index contributed by atoms with van der Waals surface area (Å²) in [6, 6.07) is 14.9. The van der Waals surface area contributed by atoms with Crippen LogP contribution >= 0.6 is 0 Å². The fraction of sp³-hybridized carbons (Fsp3) is 0.355. The summed E-state index contributed by atoms with van der Waals surface area (Å²) >= 11 is 0. The van der Waals surface area contributed by atoms with Crippen LogP contribution in [0.25, 0.3) is 28.2 Å². The predicted molar refractivity (Wildman–Crippen MR) is 157 cm³/mol. The van der Waals surface area contributed by atoms with E-state index in [-0.39, 0.29) is 0 Å². The number of benzene rings is 1. The Morgan fingerprint density at radius 1 is 1.02 bits per heavy atom. The zero-order valence-electron chi connectivity index (χ0n) is 23.2. The van der Waals surface area contributed by atoms with Crippen molar-refractivity contribution in [2.24, 2.45) is 7.05 Å². The largest absolute Gasteiger partial charge is 0.492 e. The Labute approximate surface area is 239 Å². The van der Waals surface area contributed by atoms with Crippen LogP contribution in [0, 0.1) is 0 Å². The van der Waals surface area contributed by atoms with Gasteiger partial charge in [-0.1, -0.05) is 24.3 Å². The van der Waals surface area contributed by atoms with E-state index in [9.17, 15) is 0 Å². The van der Waals surface area contributed by atoms with Crippen LogP contribution in [0.3, 0.4) is 0 Å². The molecule has 210 valence electrons. The number of ether oxygens (including phenoxy) is 2. The van der Waals surface area contributed by atoms with Crippen molar-refractivity contribution < 1.29 is 9.47 Å². The van der Waals surface area contributed by atoms with Gasteiger partial charge in [0.2, 0.25) is 0 Å². The number of nitrogens with zero attached hydrogens (tertiary/aromatic N) is 7. The van der Waals surface area contributed by atoms with Crippen molar-refractivity contribution in [3.8, 4) is 28.3 Å². The van der Waals surface area contributed by atoms with E-state index in [0.29, 0.717) is 25.3 Å². The van der Waals surface area contributed by atoms with Crippen LogP contribution in [0.2, 0.25) is 0 Å². The Morgan fingerprint density at radius 2 is 1.95 bits per heavy atom. The number of piperidine rings is 1. The van der Waals surface area contributed by atoms with Crippen LogP contribution in [0.1, 0.15) is 24.8 Å². The van der Waals surface area contributed by atoms with Crippen molar-refractivity contribution in [1.82, 2.24) is 34.0 Å². The molecule has 0 amide bonds. The maximum Gasteiger partial charge on any atom is 0.140 e. The summed E-state index contributed by atoms with van der Waals surface area (Å²) in [5.74, 6) is 1.58. The number of imidazole rings is 1. The van der Waals surface area contributed by atoms with Gasteiger partial charge in [-0.05, 0) is 43.0 Å². The summed E-state index contributed by atoms with van der Waals surface area (Å²) in [7, 11) is 1.92. The quantitative estimate of drug-likeness (QED) is 0.288. The number of aromatic nitrogens is 6. The van der Waals surface area contributed by atoms with E-state index < -0.39 is 0 Å². The lowest BCUT2D eigenvalue weighted by atomic mass is 9.99. The van der Waals surface area contributed by atoms with Crippen LogP contribution in [0.5, 0.6) is 5.75 Å². The van der Waals surface area contributed by atoms with E-state index in [1.807, 2.05) is 59.1 Å². The molecule has 2 saturated heterocycles. The molecule has 10 heteroatoms. The van der Waals surface area contributed by atoms with Gasteiger partial charge in [0.1, 0.15) is 30.1 Å². The Hall–Kier alpha value is -4.28. The lowest BCUT2D eigenvalue weighted by molar-refractivity contribution is 0.0218. The molecule has 10 nitrogen and oxygen atoms in total. The molecule has 2 atom stereocenters. The van der Waals surface area contributed by atoms with Crippen LogP contribution in [-0.2, 0) is 18.3 Å². The molecule has 2 fully saturated rings. The molecule has 0 unspecified atom stereocenters. The van der Waals surface area contributed by atoms with Crippen molar-refractivity contribution >= 4 is 11.5 Å². The van der Waals surface area contributed by atoms with Crippen molar-refractivity contribution in [2.75, 3.05) is 31.6 Å². The van der Waals surface area contributed by atoms with Crippen LogP contribution in [-0.4, -0.2) is 72.5 Å². The van der Waals surface area contributed by atoms with E-state index in [0.717, 1.165) is 71.4 Å². The molecular weight excluding hydrogens is 516 g/mol. The minimum Gasteiger partial charge on any atom is -0.492 e. The number of anilines is 1. The van der Waals surface area contributed by atoms with Crippen LogP contribution in [0.15, 0.2) is 73.6 Å². The number of likely N-dealkylation sites (tertiary alicyclic amines) is 1. The van der Waals surface area contributed by atoms with Gasteiger partial charge in [-0.15, -0.1) is 0 Å². The van der Waals surface area contributed by atoms with Gasteiger partial charge in [-0.3, -0.25) is 14.0 Å². The second-order valence-corrected chi connectivity index (χ2v) is 10.8. The molecule has 0 spiro atoms. The maximum atomic E-state index is 6.13. The maximum absolute atomic E-state index is 6.13. The van der Waals surface area contributed by atoms with Crippen LogP contribution in [0.4, 0.5) is 5.82 Å². The molecule has 2 aliphatic heterocycles. The number of aryl methyl sites for hydroxylation is 1. The fourth-order valence-electron chi connectivity index (χ4n) is 5.96. The average molecular weight is 551 g/mol. The smallest absolute Gasteiger partial charge is 0.140 e. The van der Waals surface area contributed by atoms with Crippen molar-refractivity contribution in [1.29, 1.82) is 0 Å². The Morgan fingerprint density at radius 3 is 2.83 bits per heavy atom. The molecule has 7 rings (SSSR count). The first-order valence-corrected chi connectivity index (χ1v) is 14.3. The summed E-state index contributed by atoms with van der Waals surface area (Å²) in [4.78, 5) is 16.1. The fourth-order valence-corrected chi connectivity index (χ4v) is 5.96. The summed E-state index contributed by atoms with van der Waals surface area (Å²) in [5, 5.41) is 7.67. The number of hydrogen-bond donors (Lipinski definition) is 1. The third kappa shape index (κ3) is 5.53. The van der Waals surface area contributed by atoms with E-state index >= 15 is 0 Å². The molecule has 0 bridgehead atoms. The minimum absolute atomic E-state index is 0.408. The predicted octanol–water partition coefficient (Wildman–Crippen LogP) is 4.44. The second-order valence-electron chi connectivity index (χ2n) is 10.8. The zero-order valence-corrected chi connectivity index (χ0v) is 23.2. The zero-order chi connectivity index (χ0) is 27.6. The van der Waals surface area contributed by atoms with Gasteiger partial charge in [0.05, 0.1) is 29.9 Å². The first-order chi connectivity index (χ1) is 20.2. The standard InChI is InChI=1S/C31H34N8O2/c1-37-20-24(18-36-37)23-6-4-22(5-7-23)17-32-30-16-26(34-21-35-30)28-19-33-31-15-25(8-11-39(28)31)40-14-12-38-10-2-3-29-27(38)9-13-41-29/h4-8,11,15-16,18-21,27,29H,2-3,9-10,12-14,17H2,1H3,(H,32,34,35)/t27-,29-/m0/s1. The van der Waals surface area contributed by atoms with E-state index in [1.54, 1.807) is 6.33 Å². The topological polar surface area (TPSA) is 94.6 Å². The lowest BCUT2D eigenvalue weighted by Gasteiger charge is -2.36. The number of hydrogen-bond acceptors (Lipinski definition) is 8. The molecule has 0 radical (unpaired) electrons. The third-order valence-electron chi connectivity index (χ3n) is 8.10. The normalized spacial score (nSPS) is 19.0. The second kappa shape index (κ2) is 11.3. The first kappa shape index (κ1) is 25.7. The molecule has 1 aromatic carbocycles. The van der Waals surface area contributed by atoms with Gasteiger partial charge in [-0.2, -0.15) is 5.10 Å². The highest BCUT2D eigenvalue weighted by Gasteiger charge is 2.35. The summed E-state index contributed by atoms with van der Waals surface area (Å²) in [6.45, 7) is 4.24. The highest BCUT2D eigenvalue weighted by molar-refractivity contribution is 5.64. The highest BCUT2D eigenvalue weighted by atomic mass is 16.5. The molecule has 2 aliphatic rings. The SMILES string of the molecule is Cn1cc(-c2ccc(CNc3cc(-c4cnc5cc(OCCN6CCC[C@@H]7OCC[C@@H]76)ccn45)ncn3)cc2)cn1. The Kier molecular flexibility index (Phi) is 7.08. The Bertz CT molecular complexity index is 1630. The Balaban J connectivity index is 0.978. The summed E-state index contributed by atoms with van der Waals surface area (Å²) < 4.78 is 15.9. The molecule has 4 aromatic heterocycles. The van der Waals surface area contributed by atoms with Gasteiger partial charge >= 0.3 is 0 Å². The molecule has 6 heterocycles. The number of pyridine rings is 1. The first-order valence-electron chi connectivity index (χ1n) is 14.3. The number of nitrogens with one attached hydrogen (secondary N) is 1. The van der Waals surface area contributed by atoms with E-state index in [1.165, 1.54) is 12.8 Å². The van der Waals surface area contributed by atoms with Crippen LogP contribution < -0.4 is 10.1 Å². The number of fused-ring (bicyclic) bond motifs is 2. The lowest BCUT2D eigenvalue weighted by Crippen LogP contribution is -2.47. The minimum atomic E-state index is 0.408. The molecule has 1 N–H and O–H groups in total. The van der Waals surface area contributed by atoms with Crippen molar-refractivity contribution in [2.45, 2.75) is 38.0 Å². The molecule has 0 saturated carbocycles. The van der Waals surface area contributed by atoms with Gasteiger partial charge in [0.15, 0.2) is 0 Å². The molecular formula is C31H34N8O2. The van der Waals surface area contributed by atoms with Gasteiger partial charge in [-0.25, -0.2) is 15.0 Å². The monoisotopic (exact) mass is 550 g/mol. The average Bonchev–Trinajstić information content (AvgIpc) is 3.76. The summed E-state index contributed by atoms with van der Waals surface area (Å²) in [5.41, 5.74) is 5.94. The number of rotatable bonds is 9. The van der Waals surface area contributed by atoms with Crippen molar-refractivity contribution in [3.05, 3.63) is 79.1 Å². The molecule has 5 aromatic rings. The van der Waals surface area contributed by atoms with Gasteiger partial charge in [0, 0.05) is 62.9 Å². The summed E-state index contributed by atoms with van der Waals surface area (Å²) in [6.07, 6.45) is 13.2. The molecule has 0 aliphatic carbocycles.